The smallest absolute Gasteiger partial charge is 0.0967 e. The molecule has 0 aromatic carbocycles. The van der Waals surface area contributed by atoms with Crippen molar-refractivity contribution in [3.05, 3.63) is 11.9 Å². The molecule has 6 nitrogen and oxygen atoms in total. The molecule has 1 unspecified atom stereocenters. The van der Waals surface area contributed by atoms with E-state index in [2.05, 4.69) is 22.1 Å². The summed E-state index contributed by atoms with van der Waals surface area (Å²) in [6, 6.07) is 0. The standard InChI is InChI=1S/C11H21N5O/c1-10-7-15(4-2-6-17-10)8-11-9-16(5-3-12)14-13-11/h9-10H,2-8,12H2,1H3. The first-order valence-electron chi connectivity index (χ1n) is 6.21. The zero-order chi connectivity index (χ0) is 12.1. The highest BCUT2D eigenvalue weighted by Crippen LogP contribution is 2.08. The minimum Gasteiger partial charge on any atom is -0.377 e. The molecule has 1 aromatic rings. The van der Waals surface area contributed by atoms with Crippen LogP contribution in [0.4, 0.5) is 0 Å². The van der Waals surface area contributed by atoms with Gasteiger partial charge in [0.1, 0.15) is 0 Å². The second kappa shape index (κ2) is 6.09. The Bertz CT molecular complexity index is 340. The van der Waals surface area contributed by atoms with Gasteiger partial charge in [0.15, 0.2) is 0 Å². The number of hydrogen-bond donors (Lipinski definition) is 1. The first-order valence-corrected chi connectivity index (χ1v) is 6.21. The monoisotopic (exact) mass is 239 g/mol. The van der Waals surface area contributed by atoms with E-state index >= 15 is 0 Å². The summed E-state index contributed by atoms with van der Waals surface area (Å²) in [5, 5.41) is 8.20. The molecule has 6 heteroatoms. The molecule has 1 atom stereocenters. The van der Waals surface area contributed by atoms with Crippen LogP contribution in [0.3, 0.4) is 0 Å². The van der Waals surface area contributed by atoms with E-state index in [0.29, 0.717) is 12.6 Å². The van der Waals surface area contributed by atoms with Gasteiger partial charge in [0, 0.05) is 39.0 Å². The maximum atomic E-state index is 5.62. The molecule has 0 amide bonds. The maximum Gasteiger partial charge on any atom is 0.0967 e. The molecule has 2 N–H and O–H groups in total. The van der Waals surface area contributed by atoms with Crippen LogP contribution >= 0.6 is 0 Å². The number of rotatable bonds is 4. The lowest BCUT2D eigenvalue weighted by Crippen LogP contribution is -2.29. The highest BCUT2D eigenvalue weighted by molar-refractivity contribution is 4.92. The lowest BCUT2D eigenvalue weighted by Gasteiger charge is -2.20. The van der Waals surface area contributed by atoms with E-state index in [1.165, 1.54) is 0 Å². The molecule has 0 radical (unpaired) electrons. The number of ether oxygens (including phenoxy) is 1. The van der Waals surface area contributed by atoms with Crippen molar-refractivity contribution in [2.24, 2.45) is 5.73 Å². The van der Waals surface area contributed by atoms with Gasteiger partial charge in [-0.25, -0.2) is 0 Å². The Morgan fingerprint density at radius 1 is 1.59 bits per heavy atom. The first kappa shape index (κ1) is 12.5. The van der Waals surface area contributed by atoms with E-state index in [4.69, 9.17) is 10.5 Å². The Balaban J connectivity index is 1.89. The van der Waals surface area contributed by atoms with Crippen molar-refractivity contribution < 1.29 is 4.74 Å². The van der Waals surface area contributed by atoms with Crippen LogP contribution in [0, 0.1) is 0 Å². The first-order chi connectivity index (χ1) is 8.28. The van der Waals surface area contributed by atoms with Crippen LogP contribution < -0.4 is 5.73 Å². The van der Waals surface area contributed by atoms with E-state index in [0.717, 1.165) is 44.9 Å². The van der Waals surface area contributed by atoms with Crippen molar-refractivity contribution in [3.63, 3.8) is 0 Å². The third kappa shape index (κ3) is 3.76. The van der Waals surface area contributed by atoms with Gasteiger partial charge in [0.05, 0.1) is 18.3 Å². The van der Waals surface area contributed by atoms with E-state index in [9.17, 15) is 0 Å². The third-order valence-electron chi connectivity index (χ3n) is 2.87. The van der Waals surface area contributed by atoms with Gasteiger partial charge < -0.3 is 10.5 Å². The Labute approximate surface area is 102 Å². The SMILES string of the molecule is CC1CN(Cc2cn(CCN)nn2)CCCO1. The predicted octanol–water partition coefficient (Wildman–Crippen LogP) is -0.152. The Hall–Kier alpha value is -0.980. The topological polar surface area (TPSA) is 69.2 Å². The fourth-order valence-electron chi connectivity index (χ4n) is 2.11. The molecule has 2 heterocycles. The minimum absolute atomic E-state index is 0.302. The zero-order valence-corrected chi connectivity index (χ0v) is 10.4. The van der Waals surface area contributed by atoms with E-state index in [1.54, 1.807) is 4.68 Å². The summed E-state index contributed by atoms with van der Waals surface area (Å²) >= 11 is 0. The molecular formula is C11H21N5O. The molecule has 1 aliphatic heterocycles. The highest BCUT2D eigenvalue weighted by Gasteiger charge is 2.16. The van der Waals surface area contributed by atoms with E-state index in [-0.39, 0.29) is 0 Å². The molecule has 1 aliphatic rings. The fourth-order valence-corrected chi connectivity index (χ4v) is 2.11. The number of nitrogens with zero attached hydrogens (tertiary/aromatic N) is 4. The van der Waals surface area contributed by atoms with Crippen molar-refractivity contribution in [1.29, 1.82) is 0 Å². The van der Waals surface area contributed by atoms with Crippen LogP contribution in [-0.4, -0.2) is 52.2 Å². The molecule has 1 saturated heterocycles. The summed E-state index contributed by atoms with van der Waals surface area (Å²) in [6.45, 7) is 7.17. The molecule has 1 aromatic heterocycles. The van der Waals surface area contributed by atoms with Gasteiger partial charge in [0.25, 0.3) is 0 Å². The number of hydrogen-bond acceptors (Lipinski definition) is 5. The molecule has 1 fully saturated rings. The van der Waals surface area contributed by atoms with Crippen LogP contribution in [0.1, 0.15) is 19.0 Å². The van der Waals surface area contributed by atoms with E-state index < -0.39 is 0 Å². The van der Waals surface area contributed by atoms with Crippen LogP contribution in [0.5, 0.6) is 0 Å². The molecule has 0 saturated carbocycles. The van der Waals surface area contributed by atoms with Gasteiger partial charge in [-0.05, 0) is 13.3 Å². The molecule has 0 spiro atoms. The Morgan fingerprint density at radius 2 is 2.47 bits per heavy atom. The second-order valence-electron chi connectivity index (χ2n) is 4.53. The Morgan fingerprint density at radius 3 is 3.29 bits per heavy atom. The van der Waals surface area contributed by atoms with Gasteiger partial charge in [-0.1, -0.05) is 5.21 Å². The fraction of sp³-hybridized carbons (Fsp3) is 0.818. The number of aromatic nitrogens is 3. The molecular weight excluding hydrogens is 218 g/mol. The van der Waals surface area contributed by atoms with Crippen molar-refractivity contribution in [1.82, 2.24) is 19.9 Å². The van der Waals surface area contributed by atoms with Crippen LogP contribution in [-0.2, 0) is 17.8 Å². The molecule has 96 valence electrons. The molecule has 0 aliphatic carbocycles. The average Bonchev–Trinajstić information content (AvgIpc) is 2.62. The summed E-state index contributed by atoms with van der Waals surface area (Å²) in [5.41, 5.74) is 6.48. The molecule has 0 bridgehead atoms. The highest BCUT2D eigenvalue weighted by atomic mass is 16.5. The van der Waals surface area contributed by atoms with Crippen LogP contribution in [0.25, 0.3) is 0 Å². The van der Waals surface area contributed by atoms with Gasteiger partial charge in [-0.3, -0.25) is 9.58 Å². The summed E-state index contributed by atoms with van der Waals surface area (Å²) in [4.78, 5) is 2.37. The summed E-state index contributed by atoms with van der Waals surface area (Å²) < 4.78 is 7.41. The summed E-state index contributed by atoms with van der Waals surface area (Å²) in [6.07, 6.45) is 3.36. The Kier molecular flexibility index (Phi) is 4.47. The van der Waals surface area contributed by atoms with Crippen LogP contribution in [0.15, 0.2) is 6.20 Å². The minimum atomic E-state index is 0.302. The third-order valence-corrected chi connectivity index (χ3v) is 2.87. The van der Waals surface area contributed by atoms with Crippen molar-refractivity contribution >= 4 is 0 Å². The molecule has 17 heavy (non-hydrogen) atoms. The van der Waals surface area contributed by atoms with Gasteiger partial charge in [-0.15, -0.1) is 5.10 Å². The van der Waals surface area contributed by atoms with Gasteiger partial charge >= 0.3 is 0 Å². The molecule has 2 rings (SSSR count). The predicted molar refractivity (Wildman–Crippen MR) is 64.4 cm³/mol. The van der Waals surface area contributed by atoms with Crippen molar-refractivity contribution in [2.75, 3.05) is 26.2 Å². The van der Waals surface area contributed by atoms with Gasteiger partial charge in [-0.2, -0.15) is 0 Å². The lowest BCUT2D eigenvalue weighted by molar-refractivity contribution is 0.0666. The second-order valence-corrected chi connectivity index (χ2v) is 4.53. The normalized spacial score (nSPS) is 22.6. The lowest BCUT2D eigenvalue weighted by atomic mass is 10.3. The largest absolute Gasteiger partial charge is 0.377 e. The van der Waals surface area contributed by atoms with Crippen molar-refractivity contribution in [3.8, 4) is 0 Å². The average molecular weight is 239 g/mol. The van der Waals surface area contributed by atoms with Crippen molar-refractivity contribution in [2.45, 2.75) is 32.5 Å². The van der Waals surface area contributed by atoms with Gasteiger partial charge in [0.2, 0.25) is 0 Å². The number of nitrogens with two attached hydrogens (primary N) is 1. The summed E-state index contributed by atoms with van der Waals surface area (Å²) in [5.74, 6) is 0. The quantitative estimate of drug-likeness (QED) is 0.791. The maximum absolute atomic E-state index is 5.62. The van der Waals surface area contributed by atoms with Crippen LogP contribution in [0.2, 0.25) is 0 Å². The zero-order valence-electron chi connectivity index (χ0n) is 10.4. The summed E-state index contributed by atoms with van der Waals surface area (Å²) in [7, 11) is 0. The van der Waals surface area contributed by atoms with E-state index in [1.807, 2.05) is 6.20 Å².